The first-order chi connectivity index (χ1) is 7.95. The van der Waals surface area contributed by atoms with Crippen molar-refractivity contribution in [1.29, 1.82) is 0 Å². The highest BCUT2D eigenvalue weighted by atomic mass is 19.1. The standard InChI is InChI=1S/C14H23FN2/c1-14(2,3)13(17-10-4-9-16)11-5-7-12(15)8-6-11/h5-8,13,17H,4,9-10,16H2,1-3H3. The molecule has 3 heteroatoms. The topological polar surface area (TPSA) is 38.0 Å². The Morgan fingerprint density at radius 3 is 2.29 bits per heavy atom. The molecule has 0 heterocycles. The van der Waals surface area contributed by atoms with Gasteiger partial charge in [-0.1, -0.05) is 32.9 Å². The Labute approximate surface area is 103 Å². The number of nitrogens with one attached hydrogen (secondary N) is 1. The number of nitrogens with two attached hydrogens (primary N) is 1. The van der Waals surface area contributed by atoms with Gasteiger partial charge in [0, 0.05) is 6.04 Å². The molecule has 2 nitrogen and oxygen atoms in total. The van der Waals surface area contributed by atoms with Crippen LogP contribution in [0.2, 0.25) is 0 Å². The zero-order chi connectivity index (χ0) is 12.9. The highest BCUT2D eigenvalue weighted by Gasteiger charge is 2.25. The third kappa shape index (κ3) is 4.44. The third-order valence-electron chi connectivity index (χ3n) is 2.80. The summed E-state index contributed by atoms with van der Waals surface area (Å²) in [6.07, 6.45) is 0.952. The monoisotopic (exact) mass is 238 g/mol. The lowest BCUT2D eigenvalue weighted by Gasteiger charge is -2.32. The Morgan fingerprint density at radius 1 is 1.24 bits per heavy atom. The number of hydrogen-bond donors (Lipinski definition) is 2. The van der Waals surface area contributed by atoms with E-state index in [9.17, 15) is 4.39 Å². The highest BCUT2D eigenvalue weighted by Crippen LogP contribution is 2.32. The zero-order valence-corrected chi connectivity index (χ0v) is 11.0. The number of halogens is 1. The van der Waals surface area contributed by atoms with Crippen molar-refractivity contribution in [1.82, 2.24) is 5.32 Å². The lowest BCUT2D eigenvalue weighted by Crippen LogP contribution is -2.33. The second-order valence-electron chi connectivity index (χ2n) is 5.45. The van der Waals surface area contributed by atoms with Crippen LogP contribution in [0, 0.1) is 11.2 Å². The Bertz CT molecular complexity index is 327. The largest absolute Gasteiger partial charge is 0.330 e. The zero-order valence-electron chi connectivity index (χ0n) is 11.0. The SMILES string of the molecule is CC(C)(C)C(NCCCN)c1ccc(F)cc1. The van der Waals surface area contributed by atoms with Gasteiger partial charge in [-0.3, -0.25) is 0 Å². The van der Waals surface area contributed by atoms with E-state index in [-0.39, 0.29) is 17.3 Å². The van der Waals surface area contributed by atoms with Crippen LogP contribution in [0.5, 0.6) is 0 Å². The van der Waals surface area contributed by atoms with Gasteiger partial charge in [0.1, 0.15) is 5.82 Å². The highest BCUT2D eigenvalue weighted by molar-refractivity contribution is 5.21. The molecule has 0 spiro atoms. The molecule has 3 N–H and O–H groups in total. The summed E-state index contributed by atoms with van der Waals surface area (Å²) < 4.78 is 12.9. The fourth-order valence-electron chi connectivity index (χ4n) is 1.93. The van der Waals surface area contributed by atoms with E-state index >= 15 is 0 Å². The Kier molecular flexibility index (Phi) is 5.09. The van der Waals surface area contributed by atoms with Gasteiger partial charge in [0.05, 0.1) is 0 Å². The minimum Gasteiger partial charge on any atom is -0.330 e. The second kappa shape index (κ2) is 6.12. The predicted octanol–water partition coefficient (Wildman–Crippen LogP) is 2.85. The molecule has 1 unspecified atom stereocenters. The Morgan fingerprint density at radius 2 is 1.82 bits per heavy atom. The van der Waals surface area contributed by atoms with Gasteiger partial charge in [0.25, 0.3) is 0 Å². The molecule has 0 bridgehead atoms. The van der Waals surface area contributed by atoms with Crippen molar-refractivity contribution in [2.75, 3.05) is 13.1 Å². The molecule has 1 atom stereocenters. The van der Waals surface area contributed by atoms with Gasteiger partial charge >= 0.3 is 0 Å². The molecule has 0 fully saturated rings. The fourth-order valence-corrected chi connectivity index (χ4v) is 1.93. The van der Waals surface area contributed by atoms with E-state index < -0.39 is 0 Å². The van der Waals surface area contributed by atoms with Crippen LogP contribution in [-0.4, -0.2) is 13.1 Å². The third-order valence-corrected chi connectivity index (χ3v) is 2.80. The maximum atomic E-state index is 12.9. The molecule has 0 saturated heterocycles. The summed E-state index contributed by atoms with van der Waals surface area (Å²) in [4.78, 5) is 0. The van der Waals surface area contributed by atoms with Gasteiger partial charge < -0.3 is 11.1 Å². The molecule has 0 aliphatic rings. The van der Waals surface area contributed by atoms with E-state index in [1.54, 1.807) is 0 Å². The number of rotatable bonds is 5. The molecular weight excluding hydrogens is 215 g/mol. The summed E-state index contributed by atoms with van der Waals surface area (Å²) in [7, 11) is 0. The molecule has 96 valence electrons. The Hall–Kier alpha value is -0.930. The van der Waals surface area contributed by atoms with Crippen LogP contribution in [0.25, 0.3) is 0 Å². The fraction of sp³-hybridized carbons (Fsp3) is 0.571. The molecule has 17 heavy (non-hydrogen) atoms. The lowest BCUT2D eigenvalue weighted by molar-refractivity contribution is 0.272. The van der Waals surface area contributed by atoms with E-state index in [0.717, 1.165) is 18.5 Å². The molecule has 1 rings (SSSR count). The van der Waals surface area contributed by atoms with Gasteiger partial charge in [-0.25, -0.2) is 4.39 Å². The van der Waals surface area contributed by atoms with Crippen LogP contribution < -0.4 is 11.1 Å². The summed E-state index contributed by atoms with van der Waals surface area (Å²) in [5.74, 6) is -0.191. The summed E-state index contributed by atoms with van der Waals surface area (Å²) in [6, 6.07) is 6.94. The van der Waals surface area contributed by atoms with Gasteiger partial charge in [0.15, 0.2) is 0 Å². The normalized spacial score (nSPS) is 13.7. The van der Waals surface area contributed by atoms with Gasteiger partial charge in [-0.15, -0.1) is 0 Å². The van der Waals surface area contributed by atoms with Crippen LogP contribution in [0.15, 0.2) is 24.3 Å². The molecule has 0 aromatic heterocycles. The lowest BCUT2D eigenvalue weighted by atomic mass is 9.82. The van der Waals surface area contributed by atoms with Crippen molar-refractivity contribution in [3.05, 3.63) is 35.6 Å². The maximum absolute atomic E-state index is 12.9. The van der Waals surface area contributed by atoms with Crippen molar-refractivity contribution in [3.63, 3.8) is 0 Å². The first-order valence-electron chi connectivity index (χ1n) is 6.14. The molecule has 0 aliphatic carbocycles. The smallest absolute Gasteiger partial charge is 0.123 e. The van der Waals surface area contributed by atoms with E-state index in [1.165, 1.54) is 12.1 Å². The number of benzene rings is 1. The van der Waals surface area contributed by atoms with E-state index in [4.69, 9.17) is 5.73 Å². The van der Waals surface area contributed by atoms with E-state index in [2.05, 4.69) is 26.1 Å². The van der Waals surface area contributed by atoms with E-state index in [0.29, 0.717) is 6.54 Å². The van der Waals surface area contributed by atoms with Gasteiger partial charge in [-0.05, 0) is 42.6 Å². The average molecular weight is 238 g/mol. The predicted molar refractivity (Wildman–Crippen MR) is 70.3 cm³/mol. The first kappa shape index (κ1) is 14.1. The van der Waals surface area contributed by atoms with Crippen LogP contribution in [0.1, 0.15) is 38.8 Å². The van der Waals surface area contributed by atoms with Crippen LogP contribution in [0.4, 0.5) is 4.39 Å². The average Bonchev–Trinajstić information content (AvgIpc) is 2.25. The minimum atomic E-state index is -0.191. The van der Waals surface area contributed by atoms with Crippen LogP contribution >= 0.6 is 0 Å². The second-order valence-corrected chi connectivity index (χ2v) is 5.45. The summed E-state index contributed by atoms with van der Waals surface area (Å²) >= 11 is 0. The molecule has 0 radical (unpaired) electrons. The van der Waals surface area contributed by atoms with Crippen molar-refractivity contribution < 1.29 is 4.39 Å². The molecule has 0 amide bonds. The minimum absolute atomic E-state index is 0.0897. The first-order valence-corrected chi connectivity index (χ1v) is 6.14. The molecular formula is C14H23FN2. The summed E-state index contributed by atoms with van der Waals surface area (Å²) in [5.41, 5.74) is 6.70. The maximum Gasteiger partial charge on any atom is 0.123 e. The van der Waals surface area contributed by atoms with E-state index in [1.807, 2.05) is 12.1 Å². The van der Waals surface area contributed by atoms with Crippen molar-refractivity contribution in [3.8, 4) is 0 Å². The molecule has 1 aromatic rings. The molecule has 0 saturated carbocycles. The summed E-state index contributed by atoms with van der Waals surface area (Å²) in [5, 5.41) is 3.49. The molecule has 1 aromatic carbocycles. The number of hydrogen-bond acceptors (Lipinski definition) is 2. The Balaban J connectivity index is 2.79. The van der Waals surface area contributed by atoms with Crippen LogP contribution in [-0.2, 0) is 0 Å². The molecule has 0 aliphatic heterocycles. The van der Waals surface area contributed by atoms with Gasteiger partial charge in [-0.2, -0.15) is 0 Å². The van der Waals surface area contributed by atoms with Crippen LogP contribution in [0.3, 0.4) is 0 Å². The van der Waals surface area contributed by atoms with Crippen molar-refractivity contribution in [2.45, 2.75) is 33.2 Å². The van der Waals surface area contributed by atoms with Crippen molar-refractivity contribution >= 4 is 0 Å². The van der Waals surface area contributed by atoms with Crippen molar-refractivity contribution in [2.24, 2.45) is 11.1 Å². The quantitative estimate of drug-likeness (QED) is 0.774. The van der Waals surface area contributed by atoms with Gasteiger partial charge in [0.2, 0.25) is 0 Å². The summed E-state index contributed by atoms with van der Waals surface area (Å²) in [6.45, 7) is 8.10.